The second-order valence-corrected chi connectivity index (χ2v) is 10.0. The summed E-state index contributed by atoms with van der Waals surface area (Å²) in [6, 6.07) is 8.54. The SMILES string of the molecule is Cc1cc(C)cc(S(=O)(=O)c2c(C(=O)NCC(=O)NC(C)C(N)=O)[nH]c3ccc(Cl)cc23)c1. The first kappa shape index (κ1) is 24.3. The van der Waals surface area contributed by atoms with Crippen molar-refractivity contribution in [1.82, 2.24) is 15.6 Å². The van der Waals surface area contributed by atoms with Gasteiger partial charge in [-0.25, -0.2) is 8.42 Å². The molecule has 3 amide bonds. The molecule has 1 aromatic heterocycles. The molecule has 3 rings (SSSR count). The Hall–Kier alpha value is -3.37. The predicted molar refractivity (Wildman–Crippen MR) is 124 cm³/mol. The largest absolute Gasteiger partial charge is 0.368 e. The molecule has 1 heterocycles. The van der Waals surface area contributed by atoms with Gasteiger partial charge in [-0.2, -0.15) is 0 Å². The standard InChI is InChI=1S/C22H23ClN4O5S/c1-11-6-12(2)8-15(7-11)33(31,32)20-16-9-14(23)4-5-17(16)27-19(20)22(30)25-10-18(28)26-13(3)21(24)29/h4-9,13,27H,10H2,1-3H3,(H2,24,29)(H,25,30)(H,26,28). The number of rotatable bonds is 7. The lowest BCUT2D eigenvalue weighted by atomic mass is 10.2. The number of hydrogen-bond donors (Lipinski definition) is 4. The average Bonchev–Trinajstić information content (AvgIpc) is 3.10. The van der Waals surface area contributed by atoms with Crippen LogP contribution in [0.15, 0.2) is 46.2 Å². The molecule has 33 heavy (non-hydrogen) atoms. The molecule has 0 fully saturated rings. The minimum Gasteiger partial charge on any atom is -0.368 e. The van der Waals surface area contributed by atoms with E-state index < -0.39 is 40.1 Å². The molecule has 0 saturated heterocycles. The highest BCUT2D eigenvalue weighted by Crippen LogP contribution is 2.34. The number of nitrogens with two attached hydrogens (primary N) is 1. The smallest absolute Gasteiger partial charge is 0.269 e. The third-order valence-electron chi connectivity index (χ3n) is 4.93. The van der Waals surface area contributed by atoms with Crippen molar-refractivity contribution in [1.29, 1.82) is 0 Å². The number of nitrogens with one attached hydrogen (secondary N) is 3. The first-order valence-corrected chi connectivity index (χ1v) is 11.8. The van der Waals surface area contributed by atoms with Crippen molar-refractivity contribution in [2.45, 2.75) is 36.6 Å². The number of aromatic nitrogens is 1. The lowest BCUT2D eigenvalue weighted by Crippen LogP contribution is -2.46. The minimum absolute atomic E-state index is 0.0305. The van der Waals surface area contributed by atoms with Crippen LogP contribution in [0.25, 0.3) is 10.9 Å². The molecular formula is C22H23ClN4O5S. The fourth-order valence-electron chi connectivity index (χ4n) is 3.40. The molecule has 3 aromatic rings. The van der Waals surface area contributed by atoms with Crippen molar-refractivity contribution < 1.29 is 22.8 Å². The highest BCUT2D eigenvalue weighted by Gasteiger charge is 2.30. The Bertz CT molecular complexity index is 1360. The Morgan fingerprint density at radius 1 is 1.09 bits per heavy atom. The van der Waals surface area contributed by atoms with E-state index in [-0.39, 0.29) is 20.9 Å². The number of carbonyl (C=O) groups is 3. The summed E-state index contributed by atoms with van der Waals surface area (Å²) >= 11 is 6.10. The van der Waals surface area contributed by atoms with Crippen molar-refractivity contribution >= 4 is 50.1 Å². The van der Waals surface area contributed by atoms with E-state index in [2.05, 4.69) is 15.6 Å². The summed E-state index contributed by atoms with van der Waals surface area (Å²) in [6.45, 7) is 4.46. The molecule has 1 atom stereocenters. The Morgan fingerprint density at radius 3 is 2.33 bits per heavy atom. The van der Waals surface area contributed by atoms with Gasteiger partial charge in [-0.15, -0.1) is 0 Å². The van der Waals surface area contributed by atoms with E-state index in [1.165, 1.54) is 25.1 Å². The number of amides is 3. The summed E-state index contributed by atoms with van der Waals surface area (Å²) in [4.78, 5) is 38.7. The van der Waals surface area contributed by atoms with Crippen LogP contribution < -0.4 is 16.4 Å². The van der Waals surface area contributed by atoms with Gasteiger partial charge in [0.25, 0.3) is 5.91 Å². The summed E-state index contributed by atoms with van der Waals surface area (Å²) in [5.74, 6) is -2.20. The van der Waals surface area contributed by atoms with Crippen LogP contribution in [0.3, 0.4) is 0 Å². The van der Waals surface area contributed by atoms with Gasteiger partial charge in [0, 0.05) is 15.9 Å². The van der Waals surface area contributed by atoms with Gasteiger partial charge in [0.1, 0.15) is 16.6 Å². The molecule has 0 aliphatic heterocycles. The Balaban J connectivity index is 2.04. The molecular weight excluding hydrogens is 468 g/mol. The molecule has 5 N–H and O–H groups in total. The van der Waals surface area contributed by atoms with Crippen molar-refractivity contribution in [3.8, 4) is 0 Å². The number of halogens is 1. The van der Waals surface area contributed by atoms with Crippen LogP contribution in [0.2, 0.25) is 5.02 Å². The molecule has 0 spiro atoms. The third-order valence-corrected chi connectivity index (χ3v) is 6.98. The van der Waals surface area contributed by atoms with Gasteiger partial charge >= 0.3 is 0 Å². The Labute approximate surface area is 195 Å². The fraction of sp³-hybridized carbons (Fsp3) is 0.227. The number of benzene rings is 2. The Morgan fingerprint density at radius 2 is 1.73 bits per heavy atom. The van der Waals surface area contributed by atoms with E-state index in [1.54, 1.807) is 26.0 Å². The van der Waals surface area contributed by atoms with E-state index in [4.69, 9.17) is 17.3 Å². The topological polar surface area (TPSA) is 151 Å². The zero-order chi connectivity index (χ0) is 24.5. The number of carbonyl (C=O) groups excluding carboxylic acids is 3. The van der Waals surface area contributed by atoms with Crippen LogP contribution in [0.5, 0.6) is 0 Å². The maximum Gasteiger partial charge on any atom is 0.269 e. The van der Waals surface area contributed by atoms with Crippen LogP contribution in [-0.4, -0.2) is 43.7 Å². The molecule has 0 aliphatic rings. The van der Waals surface area contributed by atoms with Crippen molar-refractivity contribution in [3.63, 3.8) is 0 Å². The van der Waals surface area contributed by atoms with Gasteiger partial charge < -0.3 is 21.4 Å². The number of sulfone groups is 1. The number of aryl methyl sites for hydroxylation is 2. The zero-order valence-corrected chi connectivity index (χ0v) is 19.7. The first-order chi connectivity index (χ1) is 15.4. The van der Waals surface area contributed by atoms with Gasteiger partial charge in [-0.05, 0) is 62.2 Å². The molecule has 9 nitrogen and oxygen atoms in total. The monoisotopic (exact) mass is 490 g/mol. The summed E-state index contributed by atoms with van der Waals surface area (Å²) in [5, 5.41) is 5.25. The molecule has 0 aliphatic carbocycles. The van der Waals surface area contributed by atoms with Crippen LogP contribution in [0.1, 0.15) is 28.5 Å². The van der Waals surface area contributed by atoms with Gasteiger partial charge in [0.2, 0.25) is 21.7 Å². The van der Waals surface area contributed by atoms with Gasteiger partial charge in [0.05, 0.1) is 11.4 Å². The van der Waals surface area contributed by atoms with Crippen LogP contribution in [-0.2, 0) is 19.4 Å². The Kier molecular flexibility index (Phi) is 6.80. The third kappa shape index (κ3) is 5.18. The molecule has 174 valence electrons. The normalized spacial score (nSPS) is 12.4. The molecule has 0 radical (unpaired) electrons. The molecule has 2 aromatic carbocycles. The van der Waals surface area contributed by atoms with Gasteiger partial charge in [0.15, 0.2) is 0 Å². The quantitative estimate of drug-likeness (QED) is 0.399. The van der Waals surface area contributed by atoms with E-state index in [0.717, 1.165) is 11.1 Å². The average molecular weight is 491 g/mol. The molecule has 0 saturated carbocycles. The van der Waals surface area contributed by atoms with Crippen LogP contribution in [0.4, 0.5) is 0 Å². The zero-order valence-electron chi connectivity index (χ0n) is 18.2. The minimum atomic E-state index is -4.14. The van der Waals surface area contributed by atoms with Gasteiger partial charge in [-0.3, -0.25) is 14.4 Å². The number of aromatic amines is 1. The lowest BCUT2D eigenvalue weighted by Gasteiger charge is -2.11. The lowest BCUT2D eigenvalue weighted by molar-refractivity contribution is -0.126. The van der Waals surface area contributed by atoms with E-state index in [0.29, 0.717) is 10.5 Å². The highest BCUT2D eigenvalue weighted by atomic mass is 35.5. The predicted octanol–water partition coefficient (Wildman–Crippen LogP) is 1.99. The van der Waals surface area contributed by atoms with E-state index >= 15 is 0 Å². The summed E-state index contributed by atoms with van der Waals surface area (Å²) in [7, 11) is -4.14. The van der Waals surface area contributed by atoms with Gasteiger partial charge in [-0.1, -0.05) is 17.7 Å². The van der Waals surface area contributed by atoms with Crippen molar-refractivity contribution in [2.75, 3.05) is 6.54 Å². The second kappa shape index (κ2) is 9.24. The maximum absolute atomic E-state index is 13.6. The fourth-order valence-corrected chi connectivity index (χ4v) is 5.36. The number of hydrogen-bond acceptors (Lipinski definition) is 5. The summed E-state index contributed by atoms with van der Waals surface area (Å²) in [6.07, 6.45) is 0. The number of primary amides is 1. The highest BCUT2D eigenvalue weighted by molar-refractivity contribution is 7.91. The van der Waals surface area contributed by atoms with E-state index in [1.807, 2.05) is 6.07 Å². The van der Waals surface area contributed by atoms with Crippen LogP contribution >= 0.6 is 11.6 Å². The molecule has 11 heteroatoms. The molecule has 1 unspecified atom stereocenters. The van der Waals surface area contributed by atoms with Crippen LogP contribution in [0, 0.1) is 13.8 Å². The molecule has 0 bridgehead atoms. The maximum atomic E-state index is 13.6. The van der Waals surface area contributed by atoms with Crippen molar-refractivity contribution in [3.05, 3.63) is 58.2 Å². The number of fused-ring (bicyclic) bond motifs is 1. The van der Waals surface area contributed by atoms with Crippen molar-refractivity contribution in [2.24, 2.45) is 5.73 Å². The second-order valence-electron chi connectivity index (χ2n) is 7.72. The number of H-pyrrole nitrogens is 1. The van der Waals surface area contributed by atoms with E-state index in [9.17, 15) is 22.8 Å². The first-order valence-electron chi connectivity index (χ1n) is 9.91. The summed E-state index contributed by atoms with van der Waals surface area (Å²) in [5.41, 5.74) is 6.76. The summed E-state index contributed by atoms with van der Waals surface area (Å²) < 4.78 is 27.3.